The van der Waals surface area contributed by atoms with Gasteiger partial charge in [0.25, 0.3) is 5.91 Å². The van der Waals surface area contributed by atoms with Crippen molar-refractivity contribution in [3.05, 3.63) is 29.1 Å². The molecule has 0 saturated heterocycles. The van der Waals surface area contributed by atoms with Crippen LogP contribution < -0.4 is 5.32 Å². The largest absolute Gasteiger partial charge is 0.481 e. The molecule has 0 atom stereocenters. The first-order chi connectivity index (χ1) is 10.6. The molecule has 22 heavy (non-hydrogen) atoms. The summed E-state index contributed by atoms with van der Waals surface area (Å²) in [6.45, 7) is 0. The van der Waals surface area contributed by atoms with Crippen molar-refractivity contribution >= 4 is 11.9 Å². The van der Waals surface area contributed by atoms with Gasteiger partial charge in [0.1, 0.15) is 0 Å². The SMILES string of the molecule is O=C(NC1CCC(C(=O)O)CC1)c1cnc2c(c1)CCCC2. The first kappa shape index (κ1) is 15.0. The van der Waals surface area contributed by atoms with Gasteiger partial charge in [0.2, 0.25) is 0 Å². The number of aryl methyl sites for hydroxylation is 2. The van der Waals surface area contributed by atoms with Crippen LogP contribution in [0.4, 0.5) is 0 Å². The summed E-state index contributed by atoms with van der Waals surface area (Å²) >= 11 is 0. The molecule has 1 saturated carbocycles. The highest BCUT2D eigenvalue weighted by atomic mass is 16.4. The number of nitrogens with zero attached hydrogens (tertiary/aromatic N) is 1. The average Bonchev–Trinajstić information content (AvgIpc) is 2.55. The van der Waals surface area contributed by atoms with Gasteiger partial charge in [-0.1, -0.05) is 0 Å². The van der Waals surface area contributed by atoms with E-state index in [0.717, 1.165) is 31.4 Å². The Labute approximate surface area is 130 Å². The number of fused-ring (bicyclic) bond motifs is 1. The van der Waals surface area contributed by atoms with Gasteiger partial charge in [0, 0.05) is 17.9 Å². The molecule has 1 heterocycles. The second-order valence-corrected chi connectivity index (χ2v) is 6.40. The molecule has 2 aliphatic carbocycles. The van der Waals surface area contributed by atoms with E-state index in [2.05, 4.69) is 10.3 Å². The van der Waals surface area contributed by atoms with Gasteiger partial charge in [-0.2, -0.15) is 0 Å². The van der Waals surface area contributed by atoms with Crippen molar-refractivity contribution in [2.24, 2.45) is 5.92 Å². The third-order valence-electron chi connectivity index (χ3n) is 4.84. The van der Waals surface area contributed by atoms with E-state index in [0.29, 0.717) is 18.4 Å². The van der Waals surface area contributed by atoms with E-state index in [4.69, 9.17) is 5.11 Å². The highest BCUT2D eigenvalue weighted by molar-refractivity contribution is 5.94. The topological polar surface area (TPSA) is 79.3 Å². The van der Waals surface area contributed by atoms with Crippen LogP contribution >= 0.6 is 0 Å². The molecule has 1 aromatic rings. The molecule has 5 heteroatoms. The zero-order chi connectivity index (χ0) is 15.5. The second-order valence-electron chi connectivity index (χ2n) is 6.40. The number of aliphatic carboxylic acids is 1. The Bertz CT molecular complexity index is 577. The Morgan fingerprint density at radius 3 is 2.59 bits per heavy atom. The van der Waals surface area contributed by atoms with E-state index < -0.39 is 5.97 Å². The number of carboxylic acid groups (broad SMARTS) is 1. The summed E-state index contributed by atoms with van der Waals surface area (Å²) in [5.74, 6) is -1.05. The lowest BCUT2D eigenvalue weighted by atomic mass is 9.86. The molecular formula is C17H22N2O3. The van der Waals surface area contributed by atoms with Crippen LogP contribution in [0.1, 0.15) is 60.1 Å². The molecule has 1 amide bonds. The van der Waals surface area contributed by atoms with Gasteiger partial charge < -0.3 is 10.4 Å². The lowest BCUT2D eigenvalue weighted by Crippen LogP contribution is -2.38. The van der Waals surface area contributed by atoms with Gasteiger partial charge in [-0.15, -0.1) is 0 Å². The van der Waals surface area contributed by atoms with Crippen LogP contribution in [0.5, 0.6) is 0 Å². The smallest absolute Gasteiger partial charge is 0.306 e. The van der Waals surface area contributed by atoms with Gasteiger partial charge in [0.05, 0.1) is 11.5 Å². The molecule has 1 fully saturated rings. The summed E-state index contributed by atoms with van der Waals surface area (Å²) in [5.41, 5.74) is 2.96. The summed E-state index contributed by atoms with van der Waals surface area (Å²) in [4.78, 5) is 27.7. The Kier molecular flexibility index (Phi) is 4.41. The number of nitrogens with one attached hydrogen (secondary N) is 1. The molecule has 0 bridgehead atoms. The summed E-state index contributed by atoms with van der Waals surface area (Å²) in [7, 11) is 0. The minimum atomic E-state index is -0.719. The maximum atomic E-state index is 12.3. The summed E-state index contributed by atoms with van der Waals surface area (Å²) < 4.78 is 0. The lowest BCUT2D eigenvalue weighted by molar-refractivity contribution is -0.142. The third-order valence-corrected chi connectivity index (χ3v) is 4.84. The summed E-state index contributed by atoms with van der Waals surface area (Å²) in [6.07, 6.45) is 8.79. The molecule has 2 aliphatic rings. The molecule has 1 aromatic heterocycles. The number of hydrogen-bond donors (Lipinski definition) is 2. The third kappa shape index (κ3) is 3.29. The lowest BCUT2D eigenvalue weighted by Gasteiger charge is -2.27. The fourth-order valence-corrected chi connectivity index (χ4v) is 3.47. The number of rotatable bonds is 3. The fraction of sp³-hybridized carbons (Fsp3) is 0.588. The maximum Gasteiger partial charge on any atom is 0.306 e. The number of carboxylic acids is 1. The van der Waals surface area contributed by atoms with Crippen molar-refractivity contribution in [1.82, 2.24) is 10.3 Å². The van der Waals surface area contributed by atoms with E-state index >= 15 is 0 Å². The van der Waals surface area contributed by atoms with E-state index in [1.54, 1.807) is 6.20 Å². The number of carbonyl (C=O) groups is 2. The molecule has 118 valence electrons. The number of carbonyl (C=O) groups excluding carboxylic acids is 1. The highest BCUT2D eigenvalue weighted by Gasteiger charge is 2.27. The Morgan fingerprint density at radius 2 is 1.86 bits per heavy atom. The fourth-order valence-electron chi connectivity index (χ4n) is 3.47. The monoisotopic (exact) mass is 302 g/mol. The predicted octanol–water partition coefficient (Wildman–Crippen LogP) is 2.33. The van der Waals surface area contributed by atoms with E-state index in [-0.39, 0.29) is 17.9 Å². The molecule has 0 unspecified atom stereocenters. The average molecular weight is 302 g/mol. The second kappa shape index (κ2) is 6.46. The maximum absolute atomic E-state index is 12.3. The van der Waals surface area contributed by atoms with E-state index in [9.17, 15) is 9.59 Å². The van der Waals surface area contributed by atoms with Crippen LogP contribution in [0.25, 0.3) is 0 Å². The Hall–Kier alpha value is -1.91. The van der Waals surface area contributed by atoms with Gasteiger partial charge >= 0.3 is 5.97 Å². The molecule has 5 nitrogen and oxygen atoms in total. The molecule has 0 aliphatic heterocycles. The number of pyridine rings is 1. The Balaban J connectivity index is 1.59. The van der Waals surface area contributed by atoms with Gasteiger partial charge in [0.15, 0.2) is 0 Å². The number of aromatic nitrogens is 1. The molecule has 0 aromatic carbocycles. The van der Waals surface area contributed by atoms with Gasteiger partial charge in [-0.05, 0) is 63.0 Å². The minimum Gasteiger partial charge on any atom is -0.481 e. The van der Waals surface area contributed by atoms with Crippen LogP contribution in [-0.2, 0) is 17.6 Å². The molecule has 0 radical (unpaired) electrons. The van der Waals surface area contributed by atoms with Crippen molar-refractivity contribution in [2.45, 2.75) is 57.4 Å². The van der Waals surface area contributed by atoms with Crippen LogP contribution in [0.2, 0.25) is 0 Å². The first-order valence-corrected chi connectivity index (χ1v) is 8.15. The molecule has 3 rings (SSSR count). The molecular weight excluding hydrogens is 280 g/mol. The quantitative estimate of drug-likeness (QED) is 0.898. The summed E-state index contributed by atoms with van der Waals surface area (Å²) in [6, 6.07) is 2.05. The van der Waals surface area contributed by atoms with Gasteiger partial charge in [-0.25, -0.2) is 0 Å². The van der Waals surface area contributed by atoms with Crippen LogP contribution in [-0.4, -0.2) is 28.0 Å². The Morgan fingerprint density at radius 1 is 1.14 bits per heavy atom. The van der Waals surface area contributed by atoms with Crippen molar-refractivity contribution in [1.29, 1.82) is 0 Å². The zero-order valence-corrected chi connectivity index (χ0v) is 12.7. The highest BCUT2D eigenvalue weighted by Crippen LogP contribution is 2.25. The van der Waals surface area contributed by atoms with E-state index in [1.165, 1.54) is 18.4 Å². The van der Waals surface area contributed by atoms with Crippen molar-refractivity contribution in [3.8, 4) is 0 Å². The van der Waals surface area contributed by atoms with Crippen LogP contribution in [0.15, 0.2) is 12.3 Å². The zero-order valence-electron chi connectivity index (χ0n) is 12.7. The van der Waals surface area contributed by atoms with Crippen LogP contribution in [0.3, 0.4) is 0 Å². The number of amides is 1. The van der Waals surface area contributed by atoms with Gasteiger partial charge in [-0.3, -0.25) is 14.6 Å². The minimum absolute atomic E-state index is 0.0825. The van der Waals surface area contributed by atoms with E-state index in [1.807, 2.05) is 6.07 Å². The first-order valence-electron chi connectivity index (χ1n) is 8.15. The van der Waals surface area contributed by atoms with Crippen LogP contribution in [0, 0.1) is 5.92 Å². The van der Waals surface area contributed by atoms with Crippen molar-refractivity contribution in [2.75, 3.05) is 0 Å². The number of hydrogen-bond acceptors (Lipinski definition) is 3. The van der Waals surface area contributed by atoms with Crippen molar-refractivity contribution in [3.63, 3.8) is 0 Å². The molecule has 2 N–H and O–H groups in total. The standard InChI is InChI=1S/C17H22N2O3/c20-16(19-14-7-5-11(6-8-14)17(21)22)13-9-12-3-1-2-4-15(12)18-10-13/h9-11,14H,1-8H2,(H,19,20)(H,21,22). The summed E-state index contributed by atoms with van der Waals surface area (Å²) in [5, 5.41) is 12.0. The van der Waals surface area contributed by atoms with Crippen molar-refractivity contribution < 1.29 is 14.7 Å². The normalized spacial score (nSPS) is 24.4. The molecule has 0 spiro atoms. The predicted molar refractivity (Wildman–Crippen MR) is 81.7 cm³/mol.